The summed E-state index contributed by atoms with van der Waals surface area (Å²) >= 11 is 0. The summed E-state index contributed by atoms with van der Waals surface area (Å²) in [5.41, 5.74) is 0.713. The molecule has 0 fully saturated rings. The van der Waals surface area contributed by atoms with Gasteiger partial charge in [0.05, 0.1) is 0 Å². The smallest absolute Gasteiger partial charge is 0.243 e. The van der Waals surface area contributed by atoms with Gasteiger partial charge in [0, 0.05) is 26.3 Å². The Morgan fingerprint density at radius 1 is 1.29 bits per heavy atom. The van der Waals surface area contributed by atoms with Gasteiger partial charge in [-0.05, 0) is 37.6 Å². The van der Waals surface area contributed by atoms with E-state index >= 15 is 0 Å². The van der Waals surface area contributed by atoms with Crippen LogP contribution in [0.4, 0.5) is 4.39 Å². The predicted molar refractivity (Wildman–Crippen MR) is 80.1 cm³/mol. The van der Waals surface area contributed by atoms with E-state index in [0.29, 0.717) is 31.7 Å². The van der Waals surface area contributed by atoms with Crippen molar-refractivity contribution < 1.29 is 17.5 Å². The van der Waals surface area contributed by atoms with Crippen molar-refractivity contribution in [3.8, 4) is 0 Å². The van der Waals surface area contributed by atoms with Crippen LogP contribution in [0.3, 0.4) is 0 Å². The predicted octanol–water partition coefficient (Wildman–Crippen LogP) is 1.64. The van der Waals surface area contributed by atoms with Gasteiger partial charge in [0.25, 0.3) is 0 Å². The zero-order chi connectivity index (χ0) is 15.7. The van der Waals surface area contributed by atoms with E-state index in [0.717, 1.165) is 6.42 Å². The Bertz CT molecular complexity index is 535. The van der Waals surface area contributed by atoms with Gasteiger partial charge in [0.1, 0.15) is 10.7 Å². The molecule has 0 saturated heterocycles. The molecule has 0 aliphatic heterocycles. The Balaban J connectivity index is 2.63. The molecule has 0 aliphatic carbocycles. The van der Waals surface area contributed by atoms with Crippen molar-refractivity contribution in [3.05, 3.63) is 29.6 Å². The van der Waals surface area contributed by atoms with E-state index in [1.54, 1.807) is 13.1 Å². The van der Waals surface area contributed by atoms with Crippen LogP contribution in [-0.4, -0.2) is 35.2 Å². The first-order chi connectivity index (χ1) is 10.0. The minimum Gasteiger partial charge on any atom is -0.381 e. The van der Waals surface area contributed by atoms with Gasteiger partial charge in [-0.2, -0.15) is 0 Å². The zero-order valence-electron chi connectivity index (χ0n) is 12.5. The molecule has 0 heterocycles. The van der Waals surface area contributed by atoms with Gasteiger partial charge in [-0.3, -0.25) is 0 Å². The number of sulfonamides is 1. The second-order valence-corrected chi connectivity index (χ2v) is 6.39. The molecule has 1 rings (SSSR count). The molecule has 0 saturated carbocycles. The minimum absolute atomic E-state index is 0.224. The second kappa shape index (κ2) is 9.09. The average molecular weight is 318 g/mol. The molecule has 0 amide bonds. The fraction of sp³-hybridized carbons (Fsp3) is 0.571. The molecule has 0 unspecified atom stereocenters. The summed E-state index contributed by atoms with van der Waals surface area (Å²) in [7, 11) is -2.09. The molecular formula is C14H23FN2O3S. The van der Waals surface area contributed by atoms with Crippen molar-refractivity contribution in [2.24, 2.45) is 0 Å². The van der Waals surface area contributed by atoms with E-state index < -0.39 is 15.8 Å². The molecule has 1 aromatic rings. The Hall–Kier alpha value is -1.02. The maximum Gasteiger partial charge on any atom is 0.243 e. The lowest BCUT2D eigenvalue weighted by Gasteiger charge is -2.09. The Kier molecular flexibility index (Phi) is 7.81. The SMILES string of the molecule is CCCOCCCNS(=O)(=O)c1cc(CNC)ccc1F. The van der Waals surface area contributed by atoms with Crippen LogP contribution in [0.2, 0.25) is 0 Å². The molecule has 0 aromatic heterocycles. The molecule has 0 radical (unpaired) electrons. The van der Waals surface area contributed by atoms with Crippen LogP contribution in [0.5, 0.6) is 0 Å². The number of benzene rings is 1. The van der Waals surface area contributed by atoms with Gasteiger partial charge in [0.2, 0.25) is 10.0 Å². The summed E-state index contributed by atoms with van der Waals surface area (Å²) in [5.74, 6) is -0.746. The Morgan fingerprint density at radius 3 is 2.71 bits per heavy atom. The molecule has 2 N–H and O–H groups in total. The molecule has 1 aromatic carbocycles. The van der Waals surface area contributed by atoms with Crippen LogP contribution in [-0.2, 0) is 21.3 Å². The summed E-state index contributed by atoms with van der Waals surface area (Å²) in [6.07, 6.45) is 1.48. The fourth-order valence-electron chi connectivity index (χ4n) is 1.77. The zero-order valence-corrected chi connectivity index (χ0v) is 13.3. The molecule has 0 aliphatic rings. The van der Waals surface area contributed by atoms with Crippen LogP contribution in [0.15, 0.2) is 23.1 Å². The third-order valence-corrected chi connectivity index (χ3v) is 4.25. The largest absolute Gasteiger partial charge is 0.381 e. The first-order valence-electron chi connectivity index (χ1n) is 7.01. The lowest BCUT2D eigenvalue weighted by Crippen LogP contribution is -2.26. The van der Waals surface area contributed by atoms with Crippen molar-refractivity contribution in [2.75, 3.05) is 26.8 Å². The summed E-state index contributed by atoms with van der Waals surface area (Å²) < 4.78 is 45.5. The van der Waals surface area contributed by atoms with Crippen LogP contribution >= 0.6 is 0 Å². The topological polar surface area (TPSA) is 67.4 Å². The molecule has 0 bridgehead atoms. The van der Waals surface area contributed by atoms with Crippen molar-refractivity contribution >= 4 is 10.0 Å². The van der Waals surface area contributed by atoms with E-state index in [-0.39, 0.29) is 11.4 Å². The van der Waals surface area contributed by atoms with E-state index in [9.17, 15) is 12.8 Å². The number of rotatable bonds is 10. The maximum atomic E-state index is 13.7. The summed E-state index contributed by atoms with van der Waals surface area (Å²) in [6, 6.07) is 4.08. The standard InChI is InChI=1S/C14H23FN2O3S/c1-3-8-20-9-4-7-17-21(18,19)14-10-12(11-16-2)5-6-13(14)15/h5-6,10,16-17H,3-4,7-9,11H2,1-2H3. The van der Waals surface area contributed by atoms with Crippen molar-refractivity contribution in [1.29, 1.82) is 0 Å². The second-order valence-electron chi connectivity index (χ2n) is 4.66. The molecular weight excluding hydrogens is 295 g/mol. The normalized spacial score (nSPS) is 11.8. The van der Waals surface area contributed by atoms with Gasteiger partial charge in [-0.1, -0.05) is 13.0 Å². The van der Waals surface area contributed by atoms with Crippen LogP contribution in [0, 0.1) is 5.82 Å². The first-order valence-corrected chi connectivity index (χ1v) is 8.50. The summed E-state index contributed by atoms with van der Waals surface area (Å²) in [5, 5.41) is 2.90. The molecule has 7 heteroatoms. The average Bonchev–Trinajstić information content (AvgIpc) is 2.45. The number of ether oxygens (including phenoxy) is 1. The van der Waals surface area contributed by atoms with E-state index in [4.69, 9.17) is 4.74 Å². The van der Waals surface area contributed by atoms with Crippen LogP contribution in [0.1, 0.15) is 25.3 Å². The van der Waals surface area contributed by atoms with Gasteiger partial charge in [0.15, 0.2) is 0 Å². The highest BCUT2D eigenvalue weighted by Gasteiger charge is 2.18. The third kappa shape index (κ3) is 6.09. The molecule has 0 atom stereocenters. The number of hydrogen-bond acceptors (Lipinski definition) is 4. The number of hydrogen-bond donors (Lipinski definition) is 2. The van der Waals surface area contributed by atoms with E-state index in [1.807, 2.05) is 6.92 Å². The minimum atomic E-state index is -3.83. The molecule has 0 spiro atoms. The highest BCUT2D eigenvalue weighted by atomic mass is 32.2. The van der Waals surface area contributed by atoms with Crippen molar-refractivity contribution in [3.63, 3.8) is 0 Å². The lowest BCUT2D eigenvalue weighted by molar-refractivity contribution is 0.133. The van der Waals surface area contributed by atoms with Gasteiger partial charge < -0.3 is 10.1 Å². The first kappa shape index (κ1) is 18.0. The summed E-state index contributed by atoms with van der Waals surface area (Å²) in [6.45, 7) is 3.85. The van der Waals surface area contributed by atoms with Gasteiger partial charge >= 0.3 is 0 Å². The van der Waals surface area contributed by atoms with E-state index in [2.05, 4.69) is 10.0 Å². The van der Waals surface area contributed by atoms with Crippen LogP contribution in [0.25, 0.3) is 0 Å². The highest BCUT2D eigenvalue weighted by molar-refractivity contribution is 7.89. The summed E-state index contributed by atoms with van der Waals surface area (Å²) in [4.78, 5) is -0.315. The van der Waals surface area contributed by atoms with Gasteiger partial charge in [-0.25, -0.2) is 17.5 Å². The molecule has 21 heavy (non-hydrogen) atoms. The van der Waals surface area contributed by atoms with Crippen molar-refractivity contribution in [2.45, 2.75) is 31.2 Å². The third-order valence-electron chi connectivity index (χ3n) is 2.77. The van der Waals surface area contributed by atoms with Crippen LogP contribution < -0.4 is 10.0 Å². The van der Waals surface area contributed by atoms with E-state index in [1.165, 1.54) is 12.1 Å². The number of nitrogens with one attached hydrogen (secondary N) is 2. The molecule has 5 nitrogen and oxygen atoms in total. The van der Waals surface area contributed by atoms with Gasteiger partial charge in [-0.15, -0.1) is 0 Å². The fourth-order valence-corrected chi connectivity index (χ4v) is 2.97. The number of halogens is 1. The Morgan fingerprint density at radius 2 is 2.05 bits per heavy atom. The maximum absolute atomic E-state index is 13.7. The Labute approximate surface area is 125 Å². The lowest BCUT2D eigenvalue weighted by atomic mass is 10.2. The highest BCUT2D eigenvalue weighted by Crippen LogP contribution is 2.16. The van der Waals surface area contributed by atoms with Crippen molar-refractivity contribution in [1.82, 2.24) is 10.0 Å². The monoisotopic (exact) mass is 318 g/mol. The quantitative estimate of drug-likeness (QED) is 0.644. The molecule has 120 valence electrons.